The Balaban J connectivity index is 2.00. The van der Waals surface area contributed by atoms with Crippen molar-refractivity contribution in [1.29, 1.82) is 0 Å². The predicted molar refractivity (Wildman–Crippen MR) is 68.9 cm³/mol. The van der Waals surface area contributed by atoms with Crippen LogP contribution in [0.5, 0.6) is 0 Å². The lowest BCUT2D eigenvalue weighted by molar-refractivity contribution is 0.0685. The van der Waals surface area contributed by atoms with E-state index in [9.17, 15) is 0 Å². The van der Waals surface area contributed by atoms with Crippen LogP contribution in [0.3, 0.4) is 0 Å². The minimum Gasteiger partial charge on any atom is -0.381 e. The summed E-state index contributed by atoms with van der Waals surface area (Å²) < 4.78 is 5.38. The van der Waals surface area contributed by atoms with Gasteiger partial charge in [-0.05, 0) is 24.8 Å². The summed E-state index contributed by atoms with van der Waals surface area (Å²) >= 11 is 0. The highest BCUT2D eigenvalue weighted by atomic mass is 16.5. The number of rotatable bonds is 4. The molecule has 0 bridgehead atoms. The van der Waals surface area contributed by atoms with Gasteiger partial charge in [-0.15, -0.1) is 0 Å². The number of hydrogen-bond donors (Lipinski definition) is 1. The summed E-state index contributed by atoms with van der Waals surface area (Å²) in [7, 11) is 2.09. The van der Waals surface area contributed by atoms with Gasteiger partial charge >= 0.3 is 0 Å². The monoisotopic (exact) mass is 235 g/mol. The molecule has 0 aliphatic carbocycles. The van der Waals surface area contributed by atoms with Gasteiger partial charge in [-0.3, -0.25) is 0 Å². The standard InChI is InChI=1S/C13H21N3O/c1-16(10-11-4-7-17-8-5-11)13-12(9-14)3-2-6-15-13/h2-3,6,11H,4-5,7-10,14H2,1H3. The zero-order valence-electron chi connectivity index (χ0n) is 10.4. The maximum Gasteiger partial charge on any atom is 0.132 e. The van der Waals surface area contributed by atoms with E-state index in [1.807, 2.05) is 18.3 Å². The van der Waals surface area contributed by atoms with Gasteiger partial charge in [0.15, 0.2) is 0 Å². The molecule has 4 nitrogen and oxygen atoms in total. The van der Waals surface area contributed by atoms with Gasteiger partial charge in [-0.1, -0.05) is 6.07 Å². The van der Waals surface area contributed by atoms with Crippen molar-refractivity contribution in [2.75, 3.05) is 31.7 Å². The average molecular weight is 235 g/mol. The summed E-state index contributed by atoms with van der Waals surface area (Å²) in [6.45, 7) is 3.36. The van der Waals surface area contributed by atoms with Crippen LogP contribution in [0.15, 0.2) is 18.3 Å². The van der Waals surface area contributed by atoms with E-state index in [0.717, 1.165) is 44.0 Å². The first kappa shape index (κ1) is 12.3. The van der Waals surface area contributed by atoms with Crippen molar-refractivity contribution in [2.45, 2.75) is 19.4 Å². The predicted octanol–water partition coefficient (Wildman–Crippen LogP) is 1.40. The van der Waals surface area contributed by atoms with Crippen LogP contribution >= 0.6 is 0 Å². The highest BCUT2D eigenvalue weighted by Crippen LogP contribution is 2.20. The molecule has 2 rings (SSSR count). The fraction of sp³-hybridized carbons (Fsp3) is 0.615. The van der Waals surface area contributed by atoms with Crippen LogP contribution in [0.2, 0.25) is 0 Å². The first-order valence-corrected chi connectivity index (χ1v) is 6.24. The molecule has 0 radical (unpaired) electrons. The molecule has 1 aromatic rings. The Hall–Kier alpha value is -1.13. The molecule has 2 N–H and O–H groups in total. The normalized spacial score (nSPS) is 17.1. The van der Waals surface area contributed by atoms with E-state index in [1.54, 1.807) is 0 Å². The maximum absolute atomic E-state index is 5.73. The molecule has 4 heteroatoms. The van der Waals surface area contributed by atoms with Crippen LogP contribution < -0.4 is 10.6 Å². The van der Waals surface area contributed by atoms with Crippen LogP contribution in [-0.4, -0.2) is 31.8 Å². The Morgan fingerprint density at radius 3 is 2.94 bits per heavy atom. The van der Waals surface area contributed by atoms with Gasteiger partial charge in [-0.2, -0.15) is 0 Å². The lowest BCUT2D eigenvalue weighted by Gasteiger charge is -2.28. The number of aromatic nitrogens is 1. The Bertz CT molecular complexity index is 350. The molecule has 0 atom stereocenters. The Morgan fingerprint density at radius 2 is 2.24 bits per heavy atom. The van der Waals surface area contributed by atoms with Crippen LogP contribution in [0.4, 0.5) is 5.82 Å². The summed E-state index contributed by atoms with van der Waals surface area (Å²) in [5.41, 5.74) is 6.85. The smallest absolute Gasteiger partial charge is 0.132 e. The van der Waals surface area contributed by atoms with Crippen LogP contribution in [-0.2, 0) is 11.3 Å². The van der Waals surface area contributed by atoms with Crippen molar-refractivity contribution < 1.29 is 4.74 Å². The number of nitrogens with two attached hydrogens (primary N) is 1. The summed E-state index contributed by atoms with van der Waals surface area (Å²) in [5, 5.41) is 0. The third kappa shape index (κ3) is 3.17. The van der Waals surface area contributed by atoms with Gasteiger partial charge in [0.2, 0.25) is 0 Å². The second kappa shape index (κ2) is 5.98. The first-order chi connectivity index (χ1) is 8.31. The van der Waals surface area contributed by atoms with Crippen molar-refractivity contribution in [3.05, 3.63) is 23.9 Å². The number of anilines is 1. The van der Waals surface area contributed by atoms with E-state index in [2.05, 4.69) is 16.9 Å². The number of nitrogens with zero attached hydrogens (tertiary/aromatic N) is 2. The summed E-state index contributed by atoms with van der Waals surface area (Å²) in [6, 6.07) is 3.98. The van der Waals surface area contributed by atoms with Crippen LogP contribution in [0.1, 0.15) is 18.4 Å². The van der Waals surface area contributed by atoms with Crippen LogP contribution in [0.25, 0.3) is 0 Å². The van der Waals surface area contributed by atoms with Gasteiger partial charge in [0.1, 0.15) is 5.82 Å². The lowest BCUT2D eigenvalue weighted by atomic mass is 10.00. The molecule has 0 saturated carbocycles. The van der Waals surface area contributed by atoms with E-state index in [-0.39, 0.29) is 0 Å². The fourth-order valence-corrected chi connectivity index (χ4v) is 2.34. The number of ether oxygens (including phenoxy) is 1. The Kier molecular flexibility index (Phi) is 4.34. The number of pyridine rings is 1. The van der Waals surface area contributed by atoms with Gasteiger partial charge in [0.25, 0.3) is 0 Å². The van der Waals surface area contributed by atoms with Crippen molar-refractivity contribution in [2.24, 2.45) is 11.7 Å². The van der Waals surface area contributed by atoms with E-state index in [4.69, 9.17) is 10.5 Å². The molecule has 0 aromatic carbocycles. The van der Waals surface area contributed by atoms with Crippen molar-refractivity contribution >= 4 is 5.82 Å². The second-order valence-corrected chi connectivity index (χ2v) is 4.63. The van der Waals surface area contributed by atoms with E-state index in [0.29, 0.717) is 12.5 Å². The molecule has 0 amide bonds. The van der Waals surface area contributed by atoms with Crippen molar-refractivity contribution in [1.82, 2.24) is 4.98 Å². The Labute approximate surface area is 103 Å². The molecule has 1 aliphatic rings. The van der Waals surface area contributed by atoms with Crippen molar-refractivity contribution in [3.8, 4) is 0 Å². The minimum atomic E-state index is 0.543. The van der Waals surface area contributed by atoms with E-state index >= 15 is 0 Å². The maximum atomic E-state index is 5.73. The third-order valence-corrected chi connectivity index (χ3v) is 3.32. The SMILES string of the molecule is CN(CC1CCOCC1)c1ncccc1CN. The molecule has 1 saturated heterocycles. The topological polar surface area (TPSA) is 51.4 Å². The molecule has 2 heterocycles. The first-order valence-electron chi connectivity index (χ1n) is 6.24. The van der Waals surface area contributed by atoms with E-state index < -0.39 is 0 Å². The fourth-order valence-electron chi connectivity index (χ4n) is 2.34. The van der Waals surface area contributed by atoms with Gasteiger partial charge in [-0.25, -0.2) is 4.98 Å². The molecular formula is C13H21N3O. The molecule has 17 heavy (non-hydrogen) atoms. The molecule has 1 aliphatic heterocycles. The summed E-state index contributed by atoms with van der Waals surface area (Å²) in [4.78, 5) is 6.65. The largest absolute Gasteiger partial charge is 0.381 e. The molecule has 1 fully saturated rings. The quantitative estimate of drug-likeness (QED) is 0.857. The zero-order chi connectivity index (χ0) is 12.1. The van der Waals surface area contributed by atoms with Gasteiger partial charge in [0.05, 0.1) is 0 Å². The summed E-state index contributed by atoms with van der Waals surface area (Å²) in [6.07, 6.45) is 4.12. The molecule has 94 valence electrons. The lowest BCUT2D eigenvalue weighted by Crippen LogP contribution is -2.30. The zero-order valence-corrected chi connectivity index (χ0v) is 10.4. The van der Waals surface area contributed by atoms with Gasteiger partial charge < -0.3 is 15.4 Å². The average Bonchev–Trinajstić information content (AvgIpc) is 2.40. The van der Waals surface area contributed by atoms with Gasteiger partial charge in [0, 0.05) is 45.1 Å². The molecular weight excluding hydrogens is 214 g/mol. The molecule has 1 aromatic heterocycles. The number of hydrogen-bond acceptors (Lipinski definition) is 4. The minimum absolute atomic E-state index is 0.543. The second-order valence-electron chi connectivity index (χ2n) is 4.63. The molecule has 0 spiro atoms. The molecule has 0 unspecified atom stereocenters. The Morgan fingerprint density at radius 1 is 1.47 bits per heavy atom. The summed E-state index contributed by atoms with van der Waals surface area (Å²) in [5.74, 6) is 1.72. The highest BCUT2D eigenvalue weighted by molar-refractivity contribution is 5.45. The highest BCUT2D eigenvalue weighted by Gasteiger charge is 2.17. The third-order valence-electron chi connectivity index (χ3n) is 3.32. The van der Waals surface area contributed by atoms with E-state index in [1.165, 1.54) is 0 Å². The van der Waals surface area contributed by atoms with Crippen LogP contribution in [0, 0.1) is 5.92 Å². The van der Waals surface area contributed by atoms with Crippen molar-refractivity contribution in [3.63, 3.8) is 0 Å².